The van der Waals surface area contributed by atoms with Crippen molar-refractivity contribution >= 4 is 27.4 Å². The third kappa shape index (κ3) is 11.2. The molecule has 57 heavy (non-hydrogen) atoms. The van der Waals surface area contributed by atoms with Crippen LogP contribution in [-0.4, -0.2) is 0 Å². The molecule has 6 aromatic rings. The molecular formula is C51H58O4P2. The molecular weight excluding hydrogens is 739 g/mol. The van der Waals surface area contributed by atoms with Crippen LogP contribution in [0.25, 0.3) is 11.1 Å². The van der Waals surface area contributed by atoms with Gasteiger partial charge in [-0.15, -0.1) is 6.58 Å². The van der Waals surface area contributed by atoms with Crippen molar-refractivity contribution in [2.24, 2.45) is 0 Å². The van der Waals surface area contributed by atoms with Gasteiger partial charge in [-0.25, -0.2) is 0 Å². The van der Waals surface area contributed by atoms with E-state index in [1.165, 1.54) is 0 Å². The number of aryl methyl sites for hydroxylation is 4. The number of hydrogen-bond acceptors (Lipinski definition) is 4. The molecule has 6 aromatic carbocycles. The molecule has 0 amide bonds. The van der Waals surface area contributed by atoms with Crippen molar-refractivity contribution in [3.05, 3.63) is 179 Å². The van der Waals surface area contributed by atoms with Gasteiger partial charge in [0.15, 0.2) is 0 Å². The second-order valence-corrected chi connectivity index (χ2v) is 19.2. The Morgan fingerprint density at radius 3 is 1.11 bits per heavy atom. The Bertz CT molecular complexity index is 2090. The highest BCUT2D eigenvalue weighted by atomic mass is 31.2. The van der Waals surface area contributed by atoms with Crippen LogP contribution < -0.4 is 28.7 Å². The monoisotopic (exact) mass is 796 g/mol. The molecule has 6 rings (SSSR count). The molecule has 0 heterocycles. The van der Waals surface area contributed by atoms with E-state index in [0.717, 1.165) is 78.1 Å². The van der Waals surface area contributed by atoms with Crippen LogP contribution in [0.5, 0.6) is 23.0 Å². The highest BCUT2D eigenvalue weighted by Gasteiger charge is 2.29. The maximum Gasteiger partial charge on any atom is 0.326 e. The van der Waals surface area contributed by atoms with Crippen molar-refractivity contribution in [3.63, 3.8) is 0 Å². The zero-order valence-corrected chi connectivity index (χ0v) is 37.3. The topological polar surface area (TPSA) is 36.9 Å². The van der Waals surface area contributed by atoms with E-state index in [2.05, 4.69) is 149 Å². The van der Waals surface area contributed by atoms with Crippen LogP contribution in [0.2, 0.25) is 0 Å². The van der Waals surface area contributed by atoms with Crippen molar-refractivity contribution in [1.82, 2.24) is 0 Å². The van der Waals surface area contributed by atoms with Crippen molar-refractivity contribution in [1.29, 1.82) is 0 Å². The maximum absolute atomic E-state index is 7.18. The normalized spacial score (nSPS) is 12.4. The van der Waals surface area contributed by atoms with E-state index < -0.39 is 16.8 Å². The van der Waals surface area contributed by atoms with Crippen LogP contribution in [0.15, 0.2) is 146 Å². The summed E-state index contributed by atoms with van der Waals surface area (Å²) >= 11 is 0. The minimum absolute atomic E-state index is 0.114. The first-order valence-corrected chi connectivity index (χ1v) is 21.9. The Morgan fingerprint density at radius 1 is 0.456 bits per heavy atom. The van der Waals surface area contributed by atoms with Gasteiger partial charge in [0.2, 0.25) is 0 Å². The Morgan fingerprint density at radius 2 is 0.772 bits per heavy atom. The fourth-order valence-electron chi connectivity index (χ4n) is 6.57. The molecule has 0 aromatic heterocycles. The smallest absolute Gasteiger partial charge is 0.326 e. The summed E-state index contributed by atoms with van der Waals surface area (Å²) in [7, 11) is -3.18. The fraction of sp³-hybridized carbons (Fsp3) is 0.255. The lowest BCUT2D eigenvalue weighted by Gasteiger charge is -2.28. The van der Waals surface area contributed by atoms with Gasteiger partial charge >= 0.3 is 16.8 Å². The standard InChI is InChI=1S/C48H52O4P2.C3H6/c1-33-29-35(3)45(51-53(37-21-13-11-14-22-37)49-43-27-19-17-25-41(43)47(5,6)7)39(31-33)40-32-34(2)30-36(4)46(40)52-54(38-23-15-12-16-24-38)50-44-28-20-18-26-42(44)48(8,9)10;1-3-2/h11-32H,1-10H3;3H,1H2,2H3. The van der Waals surface area contributed by atoms with Gasteiger partial charge in [-0.2, -0.15) is 0 Å². The second kappa shape index (κ2) is 19.0. The lowest BCUT2D eigenvalue weighted by molar-refractivity contribution is 0.477. The Labute approximate surface area is 344 Å². The average molecular weight is 797 g/mol. The zero-order chi connectivity index (χ0) is 41.3. The minimum Gasteiger partial charge on any atom is -0.435 e. The van der Waals surface area contributed by atoms with E-state index >= 15 is 0 Å². The maximum atomic E-state index is 7.18. The van der Waals surface area contributed by atoms with Crippen LogP contribution in [0, 0.1) is 27.7 Å². The number of allylic oxidation sites excluding steroid dienone is 1. The Balaban J connectivity index is 0.00000200. The van der Waals surface area contributed by atoms with E-state index in [9.17, 15) is 0 Å². The third-order valence-electron chi connectivity index (χ3n) is 9.16. The van der Waals surface area contributed by atoms with Gasteiger partial charge in [0.1, 0.15) is 23.0 Å². The van der Waals surface area contributed by atoms with Crippen molar-refractivity contribution in [2.45, 2.75) is 87.0 Å². The van der Waals surface area contributed by atoms with Crippen LogP contribution in [-0.2, 0) is 10.8 Å². The molecule has 0 saturated carbocycles. The van der Waals surface area contributed by atoms with Crippen molar-refractivity contribution < 1.29 is 18.1 Å². The molecule has 0 radical (unpaired) electrons. The molecule has 6 heteroatoms. The summed E-state index contributed by atoms with van der Waals surface area (Å²) in [5.41, 5.74) is 8.22. The van der Waals surface area contributed by atoms with Gasteiger partial charge in [0.25, 0.3) is 0 Å². The van der Waals surface area contributed by atoms with E-state index in [-0.39, 0.29) is 10.8 Å². The highest BCUT2D eigenvalue weighted by molar-refractivity contribution is 7.57. The number of hydrogen-bond donors (Lipinski definition) is 0. The first kappa shape index (κ1) is 43.2. The van der Waals surface area contributed by atoms with Gasteiger partial charge in [-0.3, -0.25) is 0 Å². The van der Waals surface area contributed by atoms with Crippen LogP contribution in [0.4, 0.5) is 0 Å². The summed E-state index contributed by atoms with van der Waals surface area (Å²) in [6.45, 7) is 27.0. The summed E-state index contributed by atoms with van der Waals surface area (Å²) in [5, 5.41) is 1.97. The molecule has 296 valence electrons. The summed E-state index contributed by atoms with van der Waals surface area (Å²) in [4.78, 5) is 0. The van der Waals surface area contributed by atoms with Crippen molar-refractivity contribution in [2.75, 3.05) is 0 Å². The largest absolute Gasteiger partial charge is 0.435 e. The SMILES string of the molecule is C=CC.Cc1cc(C)c(OP(Oc2ccccc2C(C)(C)C)c2ccccc2)c(-c2cc(C)cc(C)c2OP(Oc2ccccc2C(C)(C)C)c2ccccc2)c1. The van der Waals surface area contributed by atoms with Crippen molar-refractivity contribution in [3.8, 4) is 34.1 Å². The van der Waals surface area contributed by atoms with Gasteiger partial charge in [-0.1, -0.05) is 133 Å². The van der Waals surface area contributed by atoms with E-state index in [1.807, 2.05) is 67.6 Å². The predicted molar refractivity (Wildman–Crippen MR) is 245 cm³/mol. The molecule has 0 aliphatic carbocycles. The Kier molecular flexibility index (Phi) is 14.4. The van der Waals surface area contributed by atoms with Gasteiger partial charge < -0.3 is 18.1 Å². The number of rotatable bonds is 11. The molecule has 0 bridgehead atoms. The first-order chi connectivity index (χ1) is 27.1. The van der Waals surface area contributed by atoms with Crippen LogP contribution in [0.3, 0.4) is 0 Å². The molecule has 0 aliphatic heterocycles. The van der Waals surface area contributed by atoms with Crippen LogP contribution in [0.1, 0.15) is 81.8 Å². The fourth-order valence-corrected chi connectivity index (χ4v) is 9.39. The quantitative estimate of drug-likeness (QED) is 0.0967. The first-order valence-electron chi connectivity index (χ1n) is 19.5. The molecule has 2 atom stereocenters. The minimum atomic E-state index is -1.59. The van der Waals surface area contributed by atoms with E-state index in [0.29, 0.717) is 0 Å². The molecule has 0 saturated heterocycles. The second-order valence-electron chi connectivity index (χ2n) is 16.4. The summed E-state index contributed by atoms with van der Waals surface area (Å²) in [6.07, 6.45) is 1.75. The molecule has 0 spiro atoms. The number of para-hydroxylation sites is 2. The highest BCUT2D eigenvalue weighted by Crippen LogP contribution is 2.52. The predicted octanol–water partition coefficient (Wildman–Crippen LogP) is 14.6. The Hall–Kier alpha value is -4.88. The van der Waals surface area contributed by atoms with E-state index in [4.69, 9.17) is 18.1 Å². The molecule has 0 fully saturated rings. The molecule has 0 aliphatic rings. The van der Waals surface area contributed by atoms with Gasteiger partial charge in [-0.05, 0) is 127 Å². The summed E-state index contributed by atoms with van der Waals surface area (Å²) < 4.78 is 28.2. The lowest BCUT2D eigenvalue weighted by atomic mass is 9.86. The van der Waals surface area contributed by atoms with Gasteiger partial charge in [0.05, 0.1) is 10.6 Å². The van der Waals surface area contributed by atoms with Crippen LogP contribution >= 0.6 is 16.8 Å². The number of benzene rings is 6. The molecule has 0 N–H and O–H groups in total. The summed E-state index contributed by atoms with van der Waals surface area (Å²) in [5.74, 6) is 3.18. The molecule has 4 nitrogen and oxygen atoms in total. The van der Waals surface area contributed by atoms with E-state index in [1.54, 1.807) is 6.08 Å². The molecule has 2 unspecified atom stereocenters. The average Bonchev–Trinajstić information content (AvgIpc) is 3.16. The van der Waals surface area contributed by atoms with Gasteiger partial charge in [0, 0.05) is 11.1 Å². The summed E-state index contributed by atoms with van der Waals surface area (Å²) in [6, 6.07) is 45.8. The zero-order valence-electron chi connectivity index (χ0n) is 35.5. The lowest BCUT2D eigenvalue weighted by Crippen LogP contribution is -2.16. The third-order valence-corrected chi connectivity index (χ3v) is 12.0.